The number of nitrogens with one attached hydrogen (secondary N) is 1. The monoisotopic (exact) mass is 429 g/mol. The van der Waals surface area contributed by atoms with E-state index in [9.17, 15) is 13.2 Å². The van der Waals surface area contributed by atoms with Gasteiger partial charge in [-0.2, -0.15) is 0 Å². The van der Waals surface area contributed by atoms with Crippen molar-refractivity contribution in [3.8, 4) is 11.3 Å². The number of halogens is 1. The second-order valence-electron chi connectivity index (χ2n) is 6.59. The summed E-state index contributed by atoms with van der Waals surface area (Å²) >= 11 is 6.29. The van der Waals surface area contributed by atoms with E-state index in [-0.39, 0.29) is 5.91 Å². The van der Waals surface area contributed by atoms with Crippen LogP contribution in [0.2, 0.25) is 5.02 Å². The molecule has 0 aliphatic rings. The molecule has 0 saturated carbocycles. The first-order valence-corrected chi connectivity index (χ1v) is 11.0. The molecule has 0 aliphatic heterocycles. The van der Waals surface area contributed by atoms with E-state index < -0.39 is 10.0 Å². The van der Waals surface area contributed by atoms with Crippen molar-refractivity contribution in [2.24, 2.45) is 0 Å². The lowest BCUT2D eigenvalue weighted by molar-refractivity contribution is 0.102. The predicted octanol–water partition coefficient (Wildman–Crippen LogP) is 4.36. The Morgan fingerprint density at radius 2 is 1.86 bits per heavy atom. The van der Waals surface area contributed by atoms with Gasteiger partial charge >= 0.3 is 0 Å². The van der Waals surface area contributed by atoms with Crippen molar-refractivity contribution in [2.45, 2.75) is 6.92 Å². The zero-order valence-corrected chi connectivity index (χ0v) is 17.8. The average molecular weight is 430 g/mol. The molecule has 2 aromatic carbocycles. The van der Waals surface area contributed by atoms with Crippen molar-refractivity contribution in [3.05, 3.63) is 76.9 Å². The lowest BCUT2D eigenvalue weighted by Crippen LogP contribution is -2.25. The molecule has 150 valence electrons. The molecule has 0 saturated heterocycles. The van der Waals surface area contributed by atoms with Crippen molar-refractivity contribution in [3.63, 3.8) is 0 Å². The van der Waals surface area contributed by atoms with E-state index in [0.717, 1.165) is 6.26 Å². The Hall–Kier alpha value is -2.90. The Balaban J connectivity index is 1.86. The zero-order chi connectivity index (χ0) is 21.2. The molecule has 3 rings (SSSR count). The van der Waals surface area contributed by atoms with Gasteiger partial charge in [0, 0.05) is 30.1 Å². The number of rotatable bonds is 5. The van der Waals surface area contributed by atoms with Gasteiger partial charge in [0.25, 0.3) is 5.91 Å². The first kappa shape index (κ1) is 20.8. The summed E-state index contributed by atoms with van der Waals surface area (Å²) in [7, 11) is -1.91. The van der Waals surface area contributed by atoms with E-state index in [1.54, 1.807) is 49.5 Å². The topological polar surface area (TPSA) is 79.4 Å². The summed E-state index contributed by atoms with van der Waals surface area (Å²) in [5.41, 5.74) is 3.60. The number of benzene rings is 2. The maximum absolute atomic E-state index is 12.8. The number of carbonyl (C=O) groups excluding carboxylic acids is 1. The van der Waals surface area contributed by atoms with Gasteiger partial charge in [0.1, 0.15) is 0 Å². The Kier molecular flexibility index (Phi) is 5.91. The van der Waals surface area contributed by atoms with E-state index >= 15 is 0 Å². The third kappa shape index (κ3) is 4.75. The predicted molar refractivity (Wildman–Crippen MR) is 117 cm³/mol. The molecule has 1 N–H and O–H groups in total. The highest BCUT2D eigenvalue weighted by molar-refractivity contribution is 7.92. The van der Waals surface area contributed by atoms with Crippen LogP contribution in [0, 0.1) is 6.92 Å². The number of hydrogen-bond donors (Lipinski definition) is 1. The highest BCUT2D eigenvalue weighted by atomic mass is 35.5. The van der Waals surface area contributed by atoms with Gasteiger partial charge in [-0.25, -0.2) is 8.42 Å². The van der Waals surface area contributed by atoms with Crippen LogP contribution in [0.3, 0.4) is 0 Å². The van der Waals surface area contributed by atoms with Crippen LogP contribution in [0.5, 0.6) is 0 Å². The van der Waals surface area contributed by atoms with Crippen molar-refractivity contribution >= 4 is 38.9 Å². The van der Waals surface area contributed by atoms with E-state index in [4.69, 9.17) is 11.6 Å². The van der Waals surface area contributed by atoms with Gasteiger partial charge in [0.15, 0.2) is 0 Å². The smallest absolute Gasteiger partial charge is 0.255 e. The fourth-order valence-corrected chi connectivity index (χ4v) is 3.52. The SMILES string of the molecule is Cc1cc(N(C)S(C)(=O)=O)ccc1C(=O)Nc1ccc(Cl)c(-c2ccccn2)c1. The van der Waals surface area contributed by atoms with Gasteiger partial charge in [-0.1, -0.05) is 17.7 Å². The molecule has 0 aliphatic carbocycles. The number of pyridine rings is 1. The number of aromatic nitrogens is 1. The molecule has 0 bridgehead atoms. The largest absolute Gasteiger partial charge is 0.322 e. The number of nitrogens with zero attached hydrogens (tertiary/aromatic N) is 2. The number of anilines is 2. The second kappa shape index (κ2) is 8.23. The Morgan fingerprint density at radius 3 is 2.48 bits per heavy atom. The molecule has 0 atom stereocenters. The minimum absolute atomic E-state index is 0.301. The van der Waals surface area contributed by atoms with Crippen molar-refractivity contribution in [1.29, 1.82) is 0 Å². The van der Waals surface area contributed by atoms with Crippen LogP contribution in [0.4, 0.5) is 11.4 Å². The highest BCUT2D eigenvalue weighted by Crippen LogP contribution is 2.29. The summed E-state index contributed by atoms with van der Waals surface area (Å²) in [5, 5.41) is 3.39. The minimum Gasteiger partial charge on any atom is -0.322 e. The van der Waals surface area contributed by atoms with Gasteiger partial charge in [-0.3, -0.25) is 14.1 Å². The second-order valence-corrected chi connectivity index (χ2v) is 9.01. The van der Waals surface area contributed by atoms with Crippen LogP contribution in [0.25, 0.3) is 11.3 Å². The van der Waals surface area contributed by atoms with Crippen LogP contribution < -0.4 is 9.62 Å². The summed E-state index contributed by atoms with van der Waals surface area (Å²) in [5.74, 6) is -0.301. The van der Waals surface area contributed by atoms with Crippen LogP contribution in [0.15, 0.2) is 60.8 Å². The van der Waals surface area contributed by atoms with E-state index in [1.807, 2.05) is 18.2 Å². The number of aryl methyl sites for hydroxylation is 1. The average Bonchev–Trinajstić information content (AvgIpc) is 2.68. The van der Waals surface area contributed by atoms with E-state index in [2.05, 4.69) is 10.3 Å². The maximum Gasteiger partial charge on any atom is 0.255 e. The molecule has 29 heavy (non-hydrogen) atoms. The quantitative estimate of drug-likeness (QED) is 0.653. The molecule has 0 fully saturated rings. The van der Waals surface area contributed by atoms with E-state index in [0.29, 0.717) is 38.8 Å². The van der Waals surface area contributed by atoms with Crippen LogP contribution in [-0.4, -0.2) is 32.6 Å². The third-order valence-corrected chi connectivity index (χ3v) is 6.02. The Labute approximate surface area is 175 Å². The lowest BCUT2D eigenvalue weighted by atomic mass is 10.1. The maximum atomic E-state index is 12.8. The van der Waals surface area contributed by atoms with Crippen LogP contribution >= 0.6 is 11.6 Å². The standard InChI is InChI=1S/C21H20ClN3O3S/c1-14-12-16(25(2)29(3,27)28)8-9-17(14)21(26)24-15-7-10-19(22)18(13-15)20-6-4-5-11-23-20/h4-13H,1-3H3,(H,24,26). The molecule has 6 nitrogen and oxygen atoms in total. The van der Waals surface area contributed by atoms with Crippen molar-refractivity contribution < 1.29 is 13.2 Å². The van der Waals surface area contributed by atoms with Gasteiger partial charge in [0.2, 0.25) is 10.0 Å². The summed E-state index contributed by atoms with van der Waals surface area (Å²) in [4.78, 5) is 17.1. The van der Waals surface area contributed by atoms with Crippen LogP contribution in [-0.2, 0) is 10.0 Å². The highest BCUT2D eigenvalue weighted by Gasteiger charge is 2.16. The van der Waals surface area contributed by atoms with Crippen molar-refractivity contribution in [2.75, 3.05) is 22.9 Å². The summed E-state index contributed by atoms with van der Waals surface area (Å²) in [6, 6.07) is 15.6. The molecule has 0 spiro atoms. The fourth-order valence-electron chi connectivity index (χ4n) is 2.81. The van der Waals surface area contributed by atoms with Crippen LogP contribution in [0.1, 0.15) is 15.9 Å². The fraction of sp³-hybridized carbons (Fsp3) is 0.143. The summed E-state index contributed by atoms with van der Waals surface area (Å²) < 4.78 is 24.6. The van der Waals surface area contributed by atoms with E-state index in [1.165, 1.54) is 11.4 Å². The summed E-state index contributed by atoms with van der Waals surface area (Å²) in [6.45, 7) is 1.76. The molecule has 1 aromatic heterocycles. The first-order chi connectivity index (χ1) is 13.7. The molecular weight excluding hydrogens is 410 g/mol. The third-order valence-electron chi connectivity index (χ3n) is 4.48. The number of sulfonamides is 1. The molecule has 8 heteroatoms. The number of amides is 1. The van der Waals surface area contributed by atoms with Gasteiger partial charge in [0.05, 0.1) is 22.7 Å². The molecule has 1 heterocycles. The van der Waals surface area contributed by atoms with Gasteiger partial charge in [-0.05, 0) is 61.0 Å². The minimum atomic E-state index is -3.38. The van der Waals surface area contributed by atoms with Gasteiger partial charge < -0.3 is 5.32 Å². The molecule has 0 unspecified atom stereocenters. The lowest BCUT2D eigenvalue weighted by Gasteiger charge is -2.18. The van der Waals surface area contributed by atoms with Gasteiger partial charge in [-0.15, -0.1) is 0 Å². The molecule has 1 amide bonds. The number of hydrogen-bond acceptors (Lipinski definition) is 4. The molecule has 0 radical (unpaired) electrons. The molecule has 3 aromatic rings. The normalized spacial score (nSPS) is 11.2. The summed E-state index contributed by atoms with van der Waals surface area (Å²) in [6.07, 6.45) is 2.80. The number of carbonyl (C=O) groups is 1. The van der Waals surface area contributed by atoms with Crippen molar-refractivity contribution in [1.82, 2.24) is 4.98 Å². The zero-order valence-electron chi connectivity index (χ0n) is 16.2. The first-order valence-electron chi connectivity index (χ1n) is 8.73. The molecular formula is C21H20ClN3O3S. The Morgan fingerprint density at radius 1 is 1.10 bits per heavy atom. The Bertz CT molecular complexity index is 1170.